The van der Waals surface area contributed by atoms with Crippen LogP contribution in [-0.2, 0) is 6.54 Å². The van der Waals surface area contributed by atoms with Crippen LogP contribution >= 0.6 is 0 Å². The summed E-state index contributed by atoms with van der Waals surface area (Å²) in [6, 6.07) is 4.79. The predicted octanol–water partition coefficient (Wildman–Crippen LogP) is 0.916. The van der Waals surface area contributed by atoms with Crippen LogP contribution in [0.1, 0.15) is 5.56 Å². The highest BCUT2D eigenvalue weighted by molar-refractivity contribution is 5.29. The van der Waals surface area contributed by atoms with Crippen LogP contribution in [0.15, 0.2) is 18.2 Å². The van der Waals surface area contributed by atoms with E-state index in [1.807, 2.05) is 0 Å². The number of hydrogen-bond acceptors (Lipinski definition) is 3. The second-order valence-electron chi connectivity index (χ2n) is 2.87. The van der Waals surface area contributed by atoms with Crippen LogP contribution in [0, 0.1) is 5.82 Å². The van der Waals surface area contributed by atoms with Crippen molar-refractivity contribution < 1.29 is 14.2 Å². The maximum Gasteiger partial charge on any atom is 0.165 e. The summed E-state index contributed by atoms with van der Waals surface area (Å²) in [6.45, 7) is 1.13. The molecule has 0 atom stereocenters. The molecule has 14 heavy (non-hydrogen) atoms. The largest absolute Gasteiger partial charge is 0.494 e. The first-order valence-corrected chi connectivity index (χ1v) is 4.42. The van der Waals surface area contributed by atoms with Gasteiger partial charge in [0.25, 0.3) is 0 Å². The van der Waals surface area contributed by atoms with Crippen molar-refractivity contribution in [1.29, 1.82) is 0 Å². The van der Waals surface area contributed by atoms with Crippen molar-refractivity contribution in [2.75, 3.05) is 20.3 Å². The van der Waals surface area contributed by atoms with Gasteiger partial charge in [-0.05, 0) is 17.7 Å². The Morgan fingerprint density at radius 1 is 1.50 bits per heavy atom. The minimum atomic E-state index is -0.365. The third-order valence-corrected chi connectivity index (χ3v) is 1.83. The Morgan fingerprint density at radius 2 is 2.29 bits per heavy atom. The van der Waals surface area contributed by atoms with E-state index in [0.29, 0.717) is 13.1 Å². The number of methoxy groups -OCH3 is 1. The molecule has 0 heterocycles. The molecule has 0 saturated carbocycles. The number of ether oxygens (including phenoxy) is 1. The van der Waals surface area contributed by atoms with Gasteiger partial charge >= 0.3 is 0 Å². The van der Waals surface area contributed by atoms with Gasteiger partial charge in [0, 0.05) is 13.1 Å². The molecule has 0 spiro atoms. The number of rotatable bonds is 5. The van der Waals surface area contributed by atoms with Crippen LogP contribution in [0.25, 0.3) is 0 Å². The molecule has 1 rings (SSSR count). The normalized spacial score (nSPS) is 10.2. The highest BCUT2D eigenvalue weighted by atomic mass is 19.1. The number of benzene rings is 1. The Labute approximate surface area is 82.5 Å². The van der Waals surface area contributed by atoms with Gasteiger partial charge in [0.05, 0.1) is 13.7 Å². The summed E-state index contributed by atoms with van der Waals surface area (Å²) in [7, 11) is 1.43. The smallest absolute Gasteiger partial charge is 0.165 e. The van der Waals surface area contributed by atoms with Crippen molar-refractivity contribution in [3.63, 3.8) is 0 Å². The fraction of sp³-hybridized carbons (Fsp3) is 0.400. The molecular weight excluding hydrogens is 185 g/mol. The van der Waals surface area contributed by atoms with Crippen molar-refractivity contribution in [1.82, 2.24) is 5.32 Å². The predicted molar refractivity (Wildman–Crippen MR) is 51.7 cm³/mol. The summed E-state index contributed by atoms with van der Waals surface area (Å²) in [5.74, 6) is -0.119. The Morgan fingerprint density at radius 3 is 2.86 bits per heavy atom. The van der Waals surface area contributed by atoms with Gasteiger partial charge < -0.3 is 15.2 Å². The number of aliphatic hydroxyl groups is 1. The molecule has 78 valence electrons. The molecule has 0 bridgehead atoms. The van der Waals surface area contributed by atoms with Gasteiger partial charge in [0.2, 0.25) is 0 Å². The molecule has 0 aliphatic heterocycles. The molecule has 0 unspecified atom stereocenters. The minimum Gasteiger partial charge on any atom is -0.494 e. The molecule has 1 aromatic rings. The van der Waals surface area contributed by atoms with Gasteiger partial charge in [0.15, 0.2) is 11.6 Å². The Balaban J connectivity index is 2.57. The monoisotopic (exact) mass is 199 g/mol. The zero-order valence-electron chi connectivity index (χ0n) is 8.09. The van der Waals surface area contributed by atoms with Gasteiger partial charge in [-0.25, -0.2) is 4.39 Å². The molecule has 0 aliphatic rings. The van der Waals surface area contributed by atoms with E-state index in [4.69, 9.17) is 9.84 Å². The van der Waals surface area contributed by atoms with Crippen molar-refractivity contribution in [2.45, 2.75) is 6.54 Å². The van der Waals surface area contributed by atoms with Crippen molar-refractivity contribution in [3.05, 3.63) is 29.6 Å². The summed E-state index contributed by atoms with van der Waals surface area (Å²) in [5, 5.41) is 11.5. The van der Waals surface area contributed by atoms with Crippen molar-refractivity contribution in [2.24, 2.45) is 0 Å². The second-order valence-corrected chi connectivity index (χ2v) is 2.87. The highest BCUT2D eigenvalue weighted by Crippen LogP contribution is 2.17. The topological polar surface area (TPSA) is 41.5 Å². The fourth-order valence-corrected chi connectivity index (χ4v) is 1.13. The third-order valence-electron chi connectivity index (χ3n) is 1.83. The molecule has 2 N–H and O–H groups in total. The highest BCUT2D eigenvalue weighted by Gasteiger charge is 2.02. The second kappa shape index (κ2) is 5.57. The minimum absolute atomic E-state index is 0.0820. The maximum absolute atomic E-state index is 13.2. The molecule has 0 saturated heterocycles. The number of nitrogens with one attached hydrogen (secondary N) is 1. The van der Waals surface area contributed by atoms with Crippen LogP contribution in [0.4, 0.5) is 4.39 Å². The van der Waals surface area contributed by atoms with Crippen LogP contribution in [0.3, 0.4) is 0 Å². The summed E-state index contributed by atoms with van der Waals surface area (Å²) in [5.41, 5.74) is 0.830. The molecule has 3 nitrogen and oxygen atoms in total. The van der Waals surface area contributed by atoms with Crippen molar-refractivity contribution in [3.8, 4) is 5.75 Å². The zero-order chi connectivity index (χ0) is 10.4. The van der Waals surface area contributed by atoms with E-state index in [9.17, 15) is 4.39 Å². The van der Waals surface area contributed by atoms with E-state index < -0.39 is 0 Å². The SMILES string of the molecule is COc1ccc(CNCCO)cc1F. The number of aliphatic hydroxyl groups excluding tert-OH is 1. The summed E-state index contributed by atoms with van der Waals surface area (Å²) in [4.78, 5) is 0. The van der Waals surface area contributed by atoms with E-state index in [0.717, 1.165) is 5.56 Å². The molecule has 1 aromatic carbocycles. The van der Waals surface area contributed by atoms with E-state index in [1.54, 1.807) is 12.1 Å². The lowest BCUT2D eigenvalue weighted by molar-refractivity contribution is 0.292. The molecule has 0 fully saturated rings. The number of halogens is 1. The summed E-state index contributed by atoms with van der Waals surface area (Å²) >= 11 is 0. The number of hydrogen-bond donors (Lipinski definition) is 2. The molecule has 0 radical (unpaired) electrons. The molecular formula is C10H14FNO2. The fourth-order valence-electron chi connectivity index (χ4n) is 1.13. The molecule has 0 aliphatic carbocycles. The molecule has 0 aromatic heterocycles. The van der Waals surface area contributed by atoms with Gasteiger partial charge in [-0.15, -0.1) is 0 Å². The van der Waals surface area contributed by atoms with Crippen LogP contribution in [0.2, 0.25) is 0 Å². The Kier molecular flexibility index (Phi) is 4.35. The van der Waals surface area contributed by atoms with Gasteiger partial charge in [-0.3, -0.25) is 0 Å². The van der Waals surface area contributed by atoms with E-state index in [-0.39, 0.29) is 18.2 Å². The zero-order valence-corrected chi connectivity index (χ0v) is 8.09. The maximum atomic E-state index is 13.2. The molecule has 0 amide bonds. The third kappa shape index (κ3) is 2.97. The quantitative estimate of drug-likeness (QED) is 0.693. The summed E-state index contributed by atoms with van der Waals surface area (Å²) < 4.78 is 17.9. The molecule has 4 heteroatoms. The van der Waals surface area contributed by atoms with Gasteiger partial charge in [-0.2, -0.15) is 0 Å². The first-order chi connectivity index (χ1) is 6.77. The Bertz CT molecular complexity index is 291. The van der Waals surface area contributed by atoms with Gasteiger partial charge in [0.1, 0.15) is 0 Å². The van der Waals surface area contributed by atoms with Crippen molar-refractivity contribution >= 4 is 0 Å². The van der Waals surface area contributed by atoms with E-state index in [2.05, 4.69) is 5.32 Å². The Hall–Kier alpha value is -1.13. The lowest BCUT2D eigenvalue weighted by atomic mass is 10.2. The average molecular weight is 199 g/mol. The first-order valence-electron chi connectivity index (χ1n) is 4.42. The first kappa shape index (κ1) is 10.9. The van der Waals surface area contributed by atoms with Crippen LogP contribution in [0.5, 0.6) is 5.75 Å². The standard InChI is InChI=1S/C10H14FNO2/c1-14-10-3-2-8(6-9(10)11)7-12-4-5-13/h2-3,6,12-13H,4-5,7H2,1H3. The van der Waals surface area contributed by atoms with E-state index in [1.165, 1.54) is 13.2 Å². The lowest BCUT2D eigenvalue weighted by Crippen LogP contribution is -2.17. The van der Waals surface area contributed by atoms with E-state index >= 15 is 0 Å². The van der Waals surface area contributed by atoms with Crippen LogP contribution < -0.4 is 10.1 Å². The lowest BCUT2D eigenvalue weighted by Gasteiger charge is -2.05. The van der Waals surface area contributed by atoms with Crippen LogP contribution in [-0.4, -0.2) is 25.4 Å². The summed E-state index contributed by atoms with van der Waals surface area (Å²) in [6.07, 6.45) is 0. The average Bonchev–Trinajstić information content (AvgIpc) is 2.18. The van der Waals surface area contributed by atoms with Gasteiger partial charge in [-0.1, -0.05) is 6.07 Å².